The molecular formula is C16H23N5O2S. The molecule has 2 aromatic rings. The highest BCUT2D eigenvalue weighted by molar-refractivity contribution is 7.87. The van der Waals surface area contributed by atoms with Gasteiger partial charge >= 0.3 is 0 Å². The fourth-order valence-electron chi connectivity index (χ4n) is 2.75. The van der Waals surface area contributed by atoms with Crippen LogP contribution in [0.2, 0.25) is 0 Å². The first-order valence-corrected chi connectivity index (χ1v) is 9.62. The van der Waals surface area contributed by atoms with E-state index in [-0.39, 0.29) is 6.04 Å². The minimum Gasteiger partial charge on any atom is -0.341 e. The molecule has 1 saturated heterocycles. The highest BCUT2D eigenvalue weighted by atomic mass is 32.2. The Labute approximate surface area is 142 Å². The average molecular weight is 349 g/mol. The molecule has 8 heteroatoms. The zero-order chi connectivity index (χ0) is 17.0. The molecule has 0 amide bonds. The SMILES string of the molecule is CCC(NS(=O)(=O)N1CCNCC1)c1ncc(-c2ccccc2)[nH]1. The van der Waals surface area contributed by atoms with Crippen LogP contribution in [0.4, 0.5) is 0 Å². The monoisotopic (exact) mass is 349 g/mol. The van der Waals surface area contributed by atoms with Crippen LogP contribution in [-0.4, -0.2) is 48.9 Å². The zero-order valence-corrected chi connectivity index (χ0v) is 14.5. The van der Waals surface area contributed by atoms with E-state index in [2.05, 4.69) is 20.0 Å². The lowest BCUT2D eigenvalue weighted by Gasteiger charge is -2.28. The van der Waals surface area contributed by atoms with Crippen LogP contribution < -0.4 is 10.0 Å². The highest BCUT2D eigenvalue weighted by Gasteiger charge is 2.27. The summed E-state index contributed by atoms with van der Waals surface area (Å²) in [7, 11) is -3.51. The van der Waals surface area contributed by atoms with E-state index in [1.807, 2.05) is 37.3 Å². The Balaban J connectivity index is 1.76. The zero-order valence-electron chi connectivity index (χ0n) is 13.7. The number of nitrogens with zero attached hydrogens (tertiary/aromatic N) is 2. The van der Waals surface area contributed by atoms with Crippen LogP contribution in [0.5, 0.6) is 0 Å². The molecule has 130 valence electrons. The Kier molecular flexibility index (Phi) is 5.30. The van der Waals surface area contributed by atoms with Gasteiger partial charge in [-0.3, -0.25) is 0 Å². The van der Waals surface area contributed by atoms with Gasteiger partial charge in [0.25, 0.3) is 10.2 Å². The van der Waals surface area contributed by atoms with Crippen molar-refractivity contribution in [2.75, 3.05) is 26.2 Å². The van der Waals surface area contributed by atoms with Gasteiger partial charge in [-0.05, 0) is 12.0 Å². The van der Waals surface area contributed by atoms with Crippen molar-refractivity contribution in [3.8, 4) is 11.3 Å². The van der Waals surface area contributed by atoms with Gasteiger partial charge in [0.15, 0.2) is 0 Å². The van der Waals surface area contributed by atoms with Gasteiger partial charge in [0.1, 0.15) is 5.82 Å². The summed E-state index contributed by atoms with van der Waals surface area (Å²) in [5.41, 5.74) is 1.90. The van der Waals surface area contributed by atoms with Crippen LogP contribution in [0, 0.1) is 0 Å². The van der Waals surface area contributed by atoms with Crippen LogP contribution in [-0.2, 0) is 10.2 Å². The van der Waals surface area contributed by atoms with Crippen LogP contribution in [0.15, 0.2) is 36.5 Å². The second-order valence-electron chi connectivity index (χ2n) is 5.78. The third kappa shape index (κ3) is 3.84. The Morgan fingerprint density at radius 1 is 1.25 bits per heavy atom. The smallest absolute Gasteiger partial charge is 0.280 e. The maximum absolute atomic E-state index is 12.6. The van der Waals surface area contributed by atoms with Crippen molar-refractivity contribution in [2.24, 2.45) is 0 Å². The Bertz CT molecular complexity index is 754. The van der Waals surface area contributed by atoms with E-state index in [9.17, 15) is 8.42 Å². The fourth-order valence-corrected chi connectivity index (χ4v) is 4.20. The molecule has 1 atom stereocenters. The minimum atomic E-state index is -3.51. The van der Waals surface area contributed by atoms with E-state index in [1.54, 1.807) is 6.20 Å². The van der Waals surface area contributed by atoms with E-state index in [0.717, 1.165) is 11.3 Å². The first-order chi connectivity index (χ1) is 11.6. The average Bonchev–Trinajstić information content (AvgIpc) is 3.11. The lowest BCUT2D eigenvalue weighted by atomic mass is 10.2. The second kappa shape index (κ2) is 7.43. The first kappa shape index (κ1) is 17.1. The van der Waals surface area contributed by atoms with Crippen molar-refractivity contribution < 1.29 is 8.42 Å². The Morgan fingerprint density at radius 2 is 1.96 bits per heavy atom. The molecular weight excluding hydrogens is 326 g/mol. The lowest BCUT2D eigenvalue weighted by molar-refractivity contribution is 0.350. The number of aromatic nitrogens is 2. The molecule has 1 aliphatic heterocycles. The van der Waals surface area contributed by atoms with Gasteiger partial charge in [0.05, 0.1) is 17.9 Å². The third-order valence-electron chi connectivity index (χ3n) is 4.13. The van der Waals surface area contributed by atoms with Gasteiger partial charge in [-0.15, -0.1) is 0 Å². The number of piperazine rings is 1. The van der Waals surface area contributed by atoms with Crippen molar-refractivity contribution in [2.45, 2.75) is 19.4 Å². The van der Waals surface area contributed by atoms with Crippen molar-refractivity contribution in [1.29, 1.82) is 0 Å². The van der Waals surface area contributed by atoms with Crippen LogP contribution >= 0.6 is 0 Å². The summed E-state index contributed by atoms with van der Waals surface area (Å²) in [4.78, 5) is 7.62. The van der Waals surface area contributed by atoms with Crippen LogP contribution in [0.3, 0.4) is 0 Å². The number of imidazole rings is 1. The number of hydrogen-bond acceptors (Lipinski definition) is 4. The molecule has 0 radical (unpaired) electrons. The summed E-state index contributed by atoms with van der Waals surface area (Å²) in [6.07, 6.45) is 2.36. The van der Waals surface area contributed by atoms with E-state index in [1.165, 1.54) is 4.31 Å². The maximum Gasteiger partial charge on any atom is 0.280 e. The highest BCUT2D eigenvalue weighted by Crippen LogP contribution is 2.21. The molecule has 3 N–H and O–H groups in total. The van der Waals surface area contributed by atoms with Gasteiger partial charge in [0, 0.05) is 26.2 Å². The van der Waals surface area contributed by atoms with Gasteiger partial charge in [-0.1, -0.05) is 37.3 Å². The summed E-state index contributed by atoms with van der Waals surface area (Å²) < 4.78 is 29.4. The number of benzene rings is 1. The quantitative estimate of drug-likeness (QED) is 0.732. The lowest BCUT2D eigenvalue weighted by Crippen LogP contribution is -2.51. The molecule has 1 aromatic carbocycles. The van der Waals surface area contributed by atoms with E-state index >= 15 is 0 Å². The molecule has 2 heterocycles. The molecule has 1 unspecified atom stereocenters. The van der Waals surface area contributed by atoms with Crippen molar-refractivity contribution in [3.63, 3.8) is 0 Å². The van der Waals surface area contributed by atoms with Crippen LogP contribution in [0.25, 0.3) is 11.3 Å². The van der Waals surface area contributed by atoms with Crippen molar-refractivity contribution >= 4 is 10.2 Å². The summed E-state index contributed by atoms with van der Waals surface area (Å²) in [5.74, 6) is 0.634. The number of aromatic amines is 1. The maximum atomic E-state index is 12.6. The van der Waals surface area contributed by atoms with Crippen LogP contribution in [0.1, 0.15) is 25.2 Å². The fraction of sp³-hybridized carbons (Fsp3) is 0.438. The van der Waals surface area contributed by atoms with E-state index in [4.69, 9.17) is 0 Å². The largest absolute Gasteiger partial charge is 0.341 e. The minimum absolute atomic E-state index is 0.373. The molecule has 0 spiro atoms. The van der Waals surface area contributed by atoms with E-state index in [0.29, 0.717) is 38.4 Å². The first-order valence-electron chi connectivity index (χ1n) is 8.18. The topological polar surface area (TPSA) is 90.1 Å². The number of nitrogens with one attached hydrogen (secondary N) is 3. The molecule has 24 heavy (non-hydrogen) atoms. The standard InChI is InChI=1S/C16H23N5O2S/c1-2-14(20-24(22,23)21-10-8-17-9-11-21)16-18-12-15(19-16)13-6-4-3-5-7-13/h3-7,12,14,17,20H,2,8-11H2,1H3,(H,18,19). The van der Waals surface area contributed by atoms with Gasteiger partial charge < -0.3 is 10.3 Å². The molecule has 1 aliphatic rings. The number of H-pyrrole nitrogens is 1. The molecule has 3 rings (SSSR count). The Morgan fingerprint density at radius 3 is 2.62 bits per heavy atom. The molecule has 0 bridgehead atoms. The normalized spacial score (nSPS) is 17.7. The molecule has 0 saturated carbocycles. The van der Waals surface area contributed by atoms with Gasteiger partial charge in [-0.25, -0.2) is 4.98 Å². The van der Waals surface area contributed by atoms with Crippen molar-refractivity contribution in [1.82, 2.24) is 24.3 Å². The van der Waals surface area contributed by atoms with Gasteiger partial charge in [0.2, 0.25) is 0 Å². The second-order valence-corrected chi connectivity index (χ2v) is 7.48. The number of rotatable bonds is 6. The third-order valence-corrected chi connectivity index (χ3v) is 5.75. The molecule has 1 fully saturated rings. The summed E-state index contributed by atoms with van der Waals surface area (Å²) >= 11 is 0. The van der Waals surface area contributed by atoms with E-state index < -0.39 is 10.2 Å². The summed E-state index contributed by atoms with van der Waals surface area (Å²) in [6.45, 7) is 4.27. The molecule has 1 aromatic heterocycles. The van der Waals surface area contributed by atoms with Gasteiger partial charge in [-0.2, -0.15) is 17.4 Å². The molecule has 0 aliphatic carbocycles. The van der Waals surface area contributed by atoms with Crippen molar-refractivity contribution in [3.05, 3.63) is 42.4 Å². The summed E-state index contributed by atoms with van der Waals surface area (Å²) in [6, 6.07) is 9.48. The number of hydrogen-bond donors (Lipinski definition) is 3. The molecule has 7 nitrogen and oxygen atoms in total. The predicted molar refractivity (Wildman–Crippen MR) is 93.6 cm³/mol. The predicted octanol–water partition coefficient (Wildman–Crippen LogP) is 1.27. The summed E-state index contributed by atoms with van der Waals surface area (Å²) in [5, 5.41) is 3.15. The Hall–Kier alpha value is -1.74.